The minimum absolute atomic E-state index is 0.208. The molecule has 0 aliphatic carbocycles. The van der Waals surface area contributed by atoms with Gasteiger partial charge in [-0.3, -0.25) is 19.8 Å². The van der Waals surface area contributed by atoms with Crippen LogP contribution in [0.25, 0.3) is 10.4 Å². The van der Waals surface area contributed by atoms with Gasteiger partial charge in [0.1, 0.15) is 11.6 Å². The lowest BCUT2D eigenvalue weighted by Gasteiger charge is -2.21. The molecule has 0 bridgehead atoms. The molecule has 1 aliphatic rings. The highest BCUT2D eigenvalue weighted by Crippen LogP contribution is 2.32. The summed E-state index contributed by atoms with van der Waals surface area (Å²) in [5.74, 6) is -0.690. The van der Waals surface area contributed by atoms with Crippen molar-refractivity contribution in [1.82, 2.24) is 10.2 Å². The molecular formula is C30H36N4O6SSi. The van der Waals surface area contributed by atoms with Crippen LogP contribution >= 0.6 is 11.3 Å². The number of nitrogens with one attached hydrogen (secondary N) is 3. The van der Waals surface area contributed by atoms with Crippen LogP contribution in [0.2, 0.25) is 19.1 Å². The molecule has 2 heterocycles. The van der Waals surface area contributed by atoms with E-state index in [9.17, 15) is 24.3 Å². The molecule has 4 N–H and O–H groups in total. The van der Waals surface area contributed by atoms with Crippen molar-refractivity contribution < 1.29 is 29.0 Å². The van der Waals surface area contributed by atoms with E-state index < -0.39 is 31.9 Å². The number of thiophene rings is 1. The average molecular weight is 609 g/mol. The van der Waals surface area contributed by atoms with E-state index in [1.54, 1.807) is 68.5 Å². The number of benzene rings is 2. The fourth-order valence-electron chi connectivity index (χ4n) is 4.75. The third-order valence-electron chi connectivity index (χ3n) is 6.66. The Morgan fingerprint density at radius 3 is 2.36 bits per heavy atom. The maximum Gasteiger partial charge on any atom is 0.412 e. The van der Waals surface area contributed by atoms with Gasteiger partial charge in [0.25, 0.3) is 5.91 Å². The van der Waals surface area contributed by atoms with E-state index in [4.69, 9.17) is 4.74 Å². The highest BCUT2D eigenvalue weighted by atomic mass is 32.1. The van der Waals surface area contributed by atoms with Gasteiger partial charge in [-0.2, -0.15) is 0 Å². The van der Waals surface area contributed by atoms with Gasteiger partial charge in [-0.25, -0.2) is 9.59 Å². The Balaban J connectivity index is 1.44. The second kappa shape index (κ2) is 12.4. The molecule has 4 rings (SSSR count). The van der Waals surface area contributed by atoms with Gasteiger partial charge in [0.2, 0.25) is 5.91 Å². The van der Waals surface area contributed by atoms with E-state index in [1.807, 2.05) is 23.6 Å². The van der Waals surface area contributed by atoms with E-state index in [0.717, 1.165) is 16.0 Å². The molecule has 3 aromatic rings. The standard InChI is InChI=1S/C30H36N4O6SSi/c1-30(2,3)40-28(37)33-22-13-12-21(25-7-6-14-41-25)15-23(22)32-26(35)20-10-8-19(9-11-20)16-31-27(36)24-17-42(4,5)18-34(24)29(38)39/h6-15,24H,16-18H2,1-5H3,(H,31,36)(H,32,35)(H,33,37)(H,38,39)/t24-/m0/s1. The molecule has 0 radical (unpaired) electrons. The first-order chi connectivity index (χ1) is 19.7. The maximum absolute atomic E-state index is 13.2. The van der Waals surface area contributed by atoms with Crippen LogP contribution in [0.5, 0.6) is 0 Å². The third kappa shape index (κ3) is 7.98. The summed E-state index contributed by atoms with van der Waals surface area (Å²) < 4.78 is 5.38. The van der Waals surface area contributed by atoms with Crippen molar-refractivity contribution in [3.8, 4) is 10.4 Å². The summed E-state index contributed by atoms with van der Waals surface area (Å²) in [6, 6.07) is 16.0. The molecular weight excluding hydrogens is 573 g/mol. The van der Waals surface area contributed by atoms with Crippen molar-refractivity contribution in [2.45, 2.75) is 58.1 Å². The van der Waals surface area contributed by atoms with Crippen LogP contribution in [0.15, 0.2) is 60.0 Å². The van der Waals surface area contributed by atoms with E-state index in [-0.39, 0.29) is 18.4 Å². The summed E-state index contributed by atoms with van der Waals surface area (Å²) in [6.45, 7) is 9.67. The Labute approximate surface area is 250 Å². The summed E-state index contributed by atoms with van der Waals surface area (Å²) in [6.07, 6.45) is -1.27. The van der Waals surface area contributed by atoms with Crippen molar-refractivity contribution in [2.24, 2.45) is 0 Å². The van der Waals surface area contributed by atoms with Crippen LogP contribution in [0.4, 0.5) is 21.0 Å². The lowest BCUT2D eigenvalue weighted by Crippen LogP contribution is -2.45. The zero-order valence-corrected chi connectivity index (χ0v) is 26.1. The number of amides is 4. The number of anilines is 2. The van der Waals surface area contributed by atoms with Crippen LogP contribution in [-0.2, 0) is 16.1 Å². The average Bonchev–Trinajstić information content (AvgIpc) is 3.55. The SMILES string of the molecule is CC(C)(C)OC(=O)Nc1ccc(-c2cccs2)cc1NC(=O)c1ccc(CNC(=O)[C@@H]2C[Si](C)(C)CN2C(=O)O)cc1. The molecule has 42 heavy (non-hydrogen) atoms. The summed E-state index contributed by atoms with van der Waals surface area (Å²) in [4.78, 5) is 52.3. The number of carbonyl (C=O) groups excluding carboxylic acids is 3. The zero-order chi connectivity index (χ0) is 30.7. The predicted molar refractivity (Wildman–Crippen MR) is 167 cm³/mol. The molecule has 0 saturated carbocycles. The second-order valence-electron chi connectivity index (χ2n) is 12.0. The highest BCUT2D eigenvalue weighted by molar-refractivity contribution is 7.13. The van der Waals surface area contributed by atoms with Crippen molar-refractivity contribution in [1.29, 1.82) is 0 Å². The molecule has 1 fully saturated rings. The van der Waals surface area contributed by atoms with Crippen LogP contribution in [0.1, 0.15) is 36.7 Å². The van der Waals surface area contributed by atoms with Crippen molar-refractivity contribution in [3.05, 3.63) is 71.1 Å². The summed E-state index contributed by atoms with van der Waals surface area (Å²) in [5, 5.41) is 19.9. The molecule has 1 aliphatic heterocycles. The van der Waals surface area contributed by atoms with Crippen LogP contribution in [-0.4, -0.2) is 59.9 Å². The van der Waals surface area contributed by atoms with Gasteiger partial charge in [-0.1, -0.05) is 37.4 Å². The normalized spacial score (nSPS) is 16.0. The van der Waals surface area contributed by atoms with Crippen molar-refractivity contribution >= 4 is 54.8 Å². The quantitative estimate of drug-likeness (QED) is 0.234. The minimum Gasteiger partial charge on any atom is -0.465 e. The second-order valence-corrected chi connectivity index (χ2v) is 18.0. The van der Waals surface area contributed by atoms with E-state index >= 15 is 0 Å². The Bertz CT molecular complexity index is 1470. The van der Waals surface area contributed by atoms with Crippen molar-refractivity contribution in [2.75, 3.05) is 16.8 Å². The first-order valence-corrected chi connectivity index (χ1v) is 17.9. The summed E-state index contributed by atoms with van der Waals surface area (Å²) >= 11 is 1.56. The predicted octanol–water partition coefficient (Wildman–Crippen LogP) is 6.24. The minimum atomic E-state index is -1.79. The fraction of sp³-hybridized carbons (Fsp3) is 0.333. The van der Waals surface area contributed by atoms with Gasteiger partial charge in [0.15, 0.2) is 0 Å². The van der Waals surface area contributed by atoms with Crippen molar-refractivity contribution in [3.63, 3.8) is 0 Å². The van der Waals surface area contributed by atoms with Crippen LogP contribution in [0.3, 0.4) is 0 Å². The molecule has 4 amide bonds. The molecule has 222 valence electrons. The first kappa shape index (κ1) is 30.8. The molecule has 0 unspecified atom stereocenters. The van der Waals surface area contributed by atoms with Gasteiger partial charge in [-0.15, -0.1) is 11.3 Å². The van der Waals surface area contributed by atoms with Crippen LogP contribution in [0, 0.1) is 0 Å². The number of hydrogen-bond acceptors (Lipinski definition) is 6. The zero-order valence-electron chi connectivity index (χ0n) is 24.3. The number of nitrogens with zero attached hydrogens (tertiary/aromatic N) is 1. The van der Waals surface area contributed by atoms with Gasteiger partial charge < -0.3 is 20.5 Å². The molecule has 1 atom stereocenters. The number of ether oxygens (including phenoxy) is 1. The van der Waals surface area contributed by atoms with Gasteiger partial charge in [-0.05, 0) is 73.7 Å². The Hall–Kier alpha value is -4.16. The number of hydrogen-bond donors (Lipinski definition) is 4. The summed E-state index contributed by atoms with van der Waals surface area (Å²) in [7, 11) is -1.79. The van der Waals surface area contributed by atoms with E-state index in [0.29, 0.717) is 29.2 Å². The monoisotopic (exact) mass is 608 g/mol. The number of carboxylic acid groups (broad SMARTS) is 1. The van der Waals surface area contributed by atoms with E-state index in [1.165, 1.54) is 4.90 Å². The molecule has 1 aromatic heterocycles. The summed E-state index contributed by atoms with van der Waals surface area (Å²) in [5.41, 5.74) is 2.16. The van der Waals surface area contributed by atoms with Gasteiger partial charge in [0.05, 0.1) is 19.4 Å². The molecule has 12 heteroatoms. The van der Waals surface area contributed by atoms with E-state index in [2.05, 4.69) is 29.0 Å². The molecule has 0 spiro atoms. The lowest BCUT2D eigenvalue weighted by molar-refractivity contribution is -0.124. The fourth-order valence-corrected chi connectivity index (χ4v) is 8.33. The number of rotatable bonds is 7. The van der Waals surface area contributed by atoms with Gasteiger partial charge >= 0.3 is 12.2 Å². The highest BCUT2D eigenvalue weighted by Gasteiger charge is 2.44. The smallest absolute Gasteiger partial charge is 0.412 e. The molecule has 1 saturated heterocycles. The Morgan fingerprint density at radius 2 is 1.74 bits per heavy atom. The van der Waals surface area contributed by atoms with Crippen LogP contribution < -0.4 is 16.0 Å². The maximum atomic E-state index is 13.2. The Morgan fingerprint density at radius 1 is 1.02 bits per heavy atom. The Kier molecular flexibility index (Phi) is 9.07. The third-order valence-corrected chi connectivity index (χ3v) is 10.3. The first-order valence-electron chi connectivity index (χ1n) is 13.6. The largest absolute Gasteiger partial charge is 0.465 e. The topological polar surface area (TPSA) is 137 Å². The molecule has 2 aromatic carbocycles. The lowest BCUT2D eigenvalue weighted by atomic mass is 10.1. The van der Waals surface area contributed by atoms with Gasteiger partial charge in [0, 0.05) is 23.2 Å². The number of carbonyl (C=O) groups is 4. The molecule has 10 nitrogen and oxygen atoms in total.